The monoisotopic (exact) mass is 299 g/mol. The summed E-state index contributed by atoms with van der Waals surface area (Å²) in [6.07, 6.45) is 1.43. The van der Waals surface area contributed by atoms with Gasteiger partial charge in [0.05, 0.1) is 16.3 Å². The summed E-state index contributed by atoms with van der Waals surface area (Å²) in [5, 5.41) is 10.2. The Morgan fingerprint density at radius 3 is 2.74 bits per heavy atom. The molecule has 2 rings (SSSR count). The molecule has 7 nitrogen and oxygen atoms in total. The number of hydrogen-bond acceptors (Lipinski definition) is 5. The van der Waals surface area contributed by atoms with Gasteiger partial charge in [0.1, 0.15) is 0 Å². The molecule has 0 amide bonds. The standard InChI is InChI=1S/C10H7Cl2N5O2/c11-6-2-1-5(3-7(6)12)4-13-15-8-9(18)14-10(19)17-16-8/h1-4H,(H,15,16)(H2,14,17,18,19)/b13-4-. The molecule has 9 heteroatoms. The maximum atomic E-state index is 11.3. The van der Waals surface area contributed by atoms with E-state index >= 15 is 0 Å². The average Bonchev–Trinajstić information content (AvgIpc) is 2.36. The molecular weight excluding hydrogens is 293 g/mol. The van der Waals surface area contributed by atoms with Crippen LogP contribution >= 0.6 is 23.2 Å². The predicted molar refractivity (Wildman–Crippen MR) is 73.2 cm³/mol. The van der Waals surface area contributed by atoms with E-state index in [4.69, 9.17) is 23.2 Å². The molecule has 0 saturated carbocycles. The Hall–Kier alpha value is -2.12. The highest BCUT2D eigenvalue weighted by molar-refractivity contribution is 6.42. The molecule has 1 heterocycles. The van der Waals surface area contributed by atoms with Gasteiger partial charge in [0.15, 0.2) is 0 Å². The van der Waals surface area contributed by atoms with Crippen molar-refractivity contribution in [3.63, 3.8) is 0 Å². The number of benzene rings is 1. The predicted octanol–water partition coefficient (Wildman–Crippen LogP) is 1.21. The minimum Gasteiger partial charge on any atom is -0.270 e. The Balaban J connectivity index is 2.13. The van der Waals surface area contributed by atoms with Gasteiger partial charge in [-0.25, -0.2) is 9.89 Å². The highest BCUT2D eigenvalue weighted by Gasteiger charge is 2.00. The van der Waals surface area contributed by atoms with Gasteiger partial charge < -0.3 is 0 Å². The molecule has 0 fully saturated rings. The minimum absolute atomic E-state index is 0.129. The van der Waals surface area contributed by atoms with E-state index in [2.05, 4.69) is 20.7 Å². The molecule has 0 aliphatic carbocycles. The number of aromatic nitrogens is 3. The molecule has 0 bridgehead atoms. The number of hydrogen-bond donors (Lipinski definition) is 3. The van der Waals surface area contributed by atoms with E-state index in [1.807, 2.05) is 4.98 Å². The number of halogens is 2. The van der Waals surface area contributed by atoms with Crippen LogP contribution in [-0.2, 0) is 0 Å². The second-order valence-corrected chi connectivity index (χ2v) is 4.21. The van der Waals surface area contributed by atoms with E-state index in [0.29, 0.717) is 15.6 Å². The van der Waals surface area contributed by atoms with Crippen LogP contribution in [0.5, 0.6) is 0 Å². The van der Waals surface area contributed by atoms with Crippen molar-refractivity contribution in [2.75, 3.05) is 5.43 Å². The van der Waals surface area contributed by atoms with Gasteiger partial charge in [0, 0.05) is 0 Å². The van der Waals surface area contributed by atoms with Crippen molar-refractivity contribution >= 4 is 35.2 Å². The number of H-pyrrole nitrogens is 2. The molecule has 0 spiro atoms. The Labute approximate surface area is 116 Å². The highest BCUT2D eigenvalue weighted by atomic mass is 35.5. The summed E-state index contributed by atoms with van der Waals surface area (Å²) in [5.41, 5.74) is 1.71. The molecular formula is C10H7Cl2N5O2. The first-order valence-corrected chi connectivity index (χ1v) is 5.75. The molecule has 0 aliphatic rings. The number of aromatic amines is 2. The fourth-order valence-corrected chi connectivity index (χ4v) is 1.49. The molecule has 0 atom stereocenters. The Bertz CT molecular complexity index is 737. The molecule has 19 heavy (non-hydrogen) atoms. The zero-order valence-corrected chi connectivity index (χ0v) is 10.8. The summed E-state index contributed by atoms with van der Waals surface area (Å²) in [6, 6.07) is 4.93. The Morgan fingerprint density at radius 1 is 1.26 bits per heavy atom. The van der Waals surface area contributed by atoms with Gasteiger partial charge in [-0.15, -0.1) is 5.10 Å². The molecule has 0 aliphatic heterocycles. The zero-order valence-electron chi connectivity index (χ0n) is 9.28. The van der Waals surface area contributed by atoms with Gasteiger partial charge in [-0.05, 0) is 17.7 Å². The fourth-order valence-electron chi connectivity index (χ4n) is 1.18. The first-order chi connectivity index (χ1) is 9.06. The van der Waals surface area contributed by atoms with Crippen molar-refractivity contribution in [3.05, 3.63) is 54.6 Å². The average molecular weight is 300 g/mol. The molecule has 0 unspecified atom stereocenters. The minimum atomic E-state index is -0.691. The van der Waals surface area contributed by atoms with Crippen molar-refractivity contribution in [2.45, 2.75) is 0 Å². The van der Waals surface area contributed by atoms with Crippen molar-refractivity contribution < 1.29 is 0 Å². The van der Waals surface area contributed by atoms with E-state index in [0.717, 1.165) is 0 Å². The van der Waals surface area contributed by atoms with Gasteiger partial charge in [-0.2, -0.15) is 5.10 Å². The van der Waals surface area contributed by atoms with Crippen molar-refractivity contribution in [1.82, 2.24) is 15.2 Å². The quantitative estimate of drug-likeness (QED) is 0.585. The third kappa shape index (κ3) is 3.43. The maximum absolute atomic E-state index is 11.3. The van der Waals surface area contributed by atoms with Crippen LogP contribution in [0.1, 0.15) is 5.56 Å². The molecule has 1 aromatic carbocycles. The van der Waals surface area contributed by atoms with E-state index < -0.39 is 11.2 Å². The van der Waals surface area contributed by atoms with E-state index in [-0.39, 0.29) is 5.82 Å². The van der Waals surface area contributed by atoms with Crippen LogP contribution in [-0.4, -0.2) is 21.4 Å². The summed E-state index contributed by atoms with van der Waals surface area (Å²) >= 11 is 11.6. The van der Waals surface area contributed by atoms with Crippen LogP contribution in [0.4, 0.5) is 5.82 Å². The van der Waals surface area contributed by atoms with Gasteiger partial charge in [0.25, 0.3) is 5.56 Å². The number of nitrogens with one attached hydrogen (secondary N) is 3. The molecule has 0 radical (unpaired) electrons. The maximum Gasteiger partial charge on any atom is 0.342 e. The number of rotatable bonds is 3. The largest absolute Gasteiger partial charge is 0.342 e. The van der Waals surface area contributed by atoms with Gasteiger partial charge >= 0.3 is 5.69 Å². The van der Waals surface area contributed by atoms with Crippen LogP contribution in [0.25, 0.3) is 0 Å². The van der Waals surface area contributed by atoms with Crippen LogP contribution in [0.3, 0.4) is 0 Å². The summed E-state index contributed by atoms with van der Waals surface area (Å²) in [7, 11) is 0. The van der Waals surface area contributed by atoms with Gasteiger partial charge in [-0.3, -0.25) is 15.2 Å². The summed E-state index contributed by atoms with van der Waals surface area (Å²) < 4.78 is 0. The molecule has 2 aromatic rings. The summed E-state index contributed by atoms with van der Waals surface area (Å²) in [4.78, 5) is 24.0. The lowest BCUT2D eigenvalue weighted by Gasteiger charge is -1.98. The molecule has 3 N–H and O–H groups in total. The highest BCUT2D eigenvalue weighted by Crippen LogP contribution is 2.21. The molecule has 98 valence electrons. The second kappa shape index (κ2) is 5.68. The zero-order chi connectivity index (χ0) is 13.8. The molecule has 1 aromatic heterocycles. The van der Waals surface area contributed by atoms with Crippen molar-refractivity contribution in [1.29, 1.82) is 0 Å². The lowest BCUT2D eigenvalue weighted by molar-refractivity contribution is 0.890. The van der Waals surface area contributed by atoms with E-state index in [1.165, 1.54) is 6.21 Å². The smallest absolute Gasteiger partial charge is 0.270 e. The van der Waals surface area contributed by atoms with Crippen molar-refractivity contribution in [3.8, 4) is 0 Å². The van der Waals surface area contributed by atoms with Crippen LogP contribution in [0, 0.1) is 0 Å². The lowest BCUT2D eigenvalue weighted by Crippen LogP contribution is -2.25. The lowest BCUT2D eigenvalue weighted by atomic mass is 10.2. The van der Waals surface area contributed by atoms with Crippen LogP contribution in [0.15, 0.2) is 32.9 Å². The second-order valence-electron chi connectivity index (χ2n) is 3.40. The number of anilines is 1. The van der Waals surface area contributed by atoms with Crippen LogP contribution in [0.2, 0.25) is 10.0 Å². The van der Waals surface area contributed by atoms with Crippen molar-refractivity contribution in [2.24, 2.45) is 5.10 Å². The summed E-state index contributed by atoms with van der Waals surface area (Å²) in [5.74, 6) is -0.129. The van der Waals surface area contributed by atoms with Gasteiger partial charge in [-0.1, -0.05) is 29.3 Å². The third-order valence-electron chi connectivity index (χ3n) is 2.04. The SMILES string of the molecule is O=c1[nH]nc(N/N=C\c2ccc(Cl)c(Cl)c2)c(=O)[nH]1. The number of nitrogens with zero attached hydrogens (tertiary/aromatic N) is 2. The first kappa shape index (κ1) is 13.3. The van der Waals surface area contributed by atoms with E-state index in [9.17, 15) is 9.59 Å². The topological polar surface area (TPSA) is 103 Å². The number of hydrazone groups is 1. The fraction of sp³-hybridized carbons (Fsp3) is 0. The van der Waals surface area contributed by atoms with Gasteiger partial charge in [0.2, 0.25) is 5.82 Å². The molecule has 0 saturated heterocycles. The first-order valence-electron chi connectivity index (χ1n) is 4.99. The Morgan fingerprint density at radius 2 is 2.05 bits per heavy atom. The van der Waals surface area contributed by atoms with Crippen LogP contribution < -0.4 is 16.7 Å². The normalized spacial score (nSPS) is 10.8. The third-order valence-corrected chi connectivity index (χ3v) is 2.78. The summed E-state index contributed by atoms with van der Waals surface area (Å²) in [6.45, 7) is 0. The Kier molecular flexibility index (Phi) is 3.98. The van der Waals surface area contributed by atoms with E-state index in [1.54, 1.807) is 18.2 Å².